The van der Waals surface area contributed by atoms with Crippen LogP contribution in [0.5, 0.6) is 0 Å². The maximum atomic E-state index is 6.31. The lowest BCUT2D eigenvalue weighted by Gasteiger charge is -2.11. The van der Waals surface area contributed by atoms with Crippen molar-refractivity contribution in [2.24, 2.45) is 0 Å². The lowest BCUT2D eigenvalue weighted by Crippen LogP contribution is -2.09. The number of nitrogens with two attached hydrogens (primary N) is 1. The third-order valence-electron chi connectivity index (χ3n) is 4.09. The van der Waals surface area contributed by atoms with Gasteiger partial charge in [-0.1, -0.05) is 30.0 Å². The first-order valence-corrected chi connectivity index (χ1v) is 9.44. The largest absolute Gasteiger partial charge is 0.394 e. The molecule has 0 aliphatic rings. The first-order chi connectivity index (χ1) is 13.3. The number of benzene rings is 1. The predicted molar refractivity (Wildman–Crippen MR) is 108 cm³/mol. The van der Waals surface area contributed by atoms with Crippen LogP contribution in [0.15, 0.2) is 71.5 Å². The number of nitrogens with one attached hydrogen (secondary N) is 1. The fourth-order valence-electron chi connectivity index (χ4n) is 2.75. The van der Waals surface area contributed by atoms with Crippen molar-refractivity contribution >= 4 is 34.2 Å². The molecule has 3 aromatic heterocycles. The van der Waals surface area contributed by atoms with E-state index in [0.29, 0.717) is 11.5 Å². The smallest absolute Gasteiger partial charge is 0.153 e. The van der Waals surface area contributed by atoms with Gasteiger partial charge in [0.05, 0.1) is 11.8 Å². The van der Waals surface area contributed by atoms with E-state index in [0.717, 1.165) is 40.3 Å². The molecule has 0 fully saturated rings. The minimum absolute atomic E-state index is 0.554. The molecule has 4 rings (SSSR count). The number of aromatic nitrogens is 5. The van der Waals surface area contributed by atoms with Crippen LogP contribution < -0.4 is 11.1 Å². The van der Waals surface area contributed by atoms with Crippen LogP contribution in [0.25, 0.3) is 10.9 Å². The highest BCUT2D eigenvalue weighted by Gasteiger charge is 2.11. The van der Waals surface area contributed by atoms with Crippen molar-refractivity contribution in [1.29, 1.82) is 0 Å². The first kappa shape index (κ1) is 17.3. The molecular formula is C19H19N7S. The third kappa shape index (κ3) is 4.01. The van der Waals surface area contributed by atoms with Gasteiger partial charge in [0, 0.05) is 42.0 Å². The standard InChI is InChI=1S/C19H19N7S/c20-16-18(23-8-3-10-26-11-9-21-13-26)24-12-25-19(16)27-15-6-1-4-14-5-2-7-22-17(14)15/h1-2,4-7,9,11-13H,3,8,10,20H2,(H,23,24,25). The minimum Gasteiger partial charge on any atom is -0.394 e. The molecule has 0 aliphatic heterocycles. The average Bonchev–Trinajstić information content (AvgIpc) is 3.22. The molecule has 0 saturated carbocycles. The van der Waals surface area contributed by atoms with E-state index in [-0.39, 0.29) is 0 Å². The predicted octanol–water partition coefficient (Wildman–Crippen LogP) is 3.46. The zero-order chi connectivity index (χ0) is 18.5. The highest BCUT2D eigenvalue weighted by molar-refractivity contribution is 7.99. The number of para-hydroxylation sites is 1. The Labute approximate surface area is 161 Å². The molecule has 0 saturated heterocycles. The molecule has 0 unspecified atom stereocenters. The van der Waals surface area contributed by atoms with E-state index in [1.165, 1.54) is 18.1 Å². The Morgan fingerprint density at radius 3 is 2.89 bits per heavy atom. The molecule has 1 aromatic carbocycles. The van der Waals surface area contributed by atoms with E-state index in [1.54, 1.807) is 12.4 Å². The highest BCUT2D eigenvalue weighted by atomic mass is 32.2. The maximum Gasteiger partial charge on any atom is 0.153 e. The van der Waals surface area contributed by atoms with Crippen LogP contribution in [0.4, 0.5) is 11.5 Å². The van der Waals surface area contributed by atoms with Gasteiger partial charge in [0.15, 0.2) is 5.82 Å². The Kier molecular flexibility index (Phi) is 5.15. The number of nitrogens with zero attached hydrogens (tertiary/aromatic N) is 5. The Morgan fingerprint density at radius 2 is 2.00 bits per heavy atom. The summed E-state index contributed by atoms with van der Waals surface area (Å²) in [7, 11) is 0. The molecule has 7 nitrogen and oxygen atoms in total. The second-order valence-corrected chi connectivity index (χ2v) is 6.99. The summed E-state index contributed by atoms with van der Waals surface area (Å²) in [5, 5.41) is 5.11. The van der Waals surface area contributed by atoms with E-state index >= 15 is 0 Å². The molecule has 4 aromatic rings. The minimum atomic E-state index is 0.554. The SMILES string of the molecule is Nc1c(NCCCn2ccnc2)ncnc1Sc1cccc2cccnc12. The first-order valence-electron chi connectivity index (χ1n) is 8.63. The quantitative estimate of drug-likeness (QED) is 0.376. The van der Waals surface area contributed by atoms with E-state index < -0.39 is 0 Å². The monoisotopic (exact) mass is 377 g/mol. The topological polar surface area (TPSA) is 94.5 Å². The molecule has 136 valence electrons. The summed E-state index contributed by atoms with van der Waals surface area (Å²) >= 11 is 1.50. The molecule has 0 atom stereocenters. The lowest BCUT2D eigenvalue weighted by atomic mass is 10.2. The van der Waals surface area contributed by atoms with E-state index in [1.807, 2.05) is 47.4 Å². The van der Waals surface area contributed by atoms with E-state index in [4.69, 9.17) is 5.73 Å². The van der Waals surface area contributed by atoms with Gasteiger partial charge >= 0.3 is 0 Å². The third-order valence-corrected chi connectivity index (χ3v) is 5.16. The molecule has 0 amide bonds. The Morgan fingerprint density at radius 1 is 1.07 bits per heavy atom. The summed E-state index contributed by atoms with van der Waals surface area (Å²) < 4.78 is 2.04. The number of nitrogen functional groups attached to an aromatic ring is 1. The summed E-state index contributed by atoms with van der Waals surface area (Å²) in [6.07, 6.45) is 9.81. The molecule has 0 bridgehead atoms. The van der Waals surface area contributed by atoms with Crippen LogP contribution in [-0.2, 0) is 6.54 Å². The van der Waals surface area contributed by atoms with Crippen LogP contribution in [0.1, 0.15) is 6.42 Å². The van der Waals surface area contributed by atoms with Gasteiger partial charge in [0.25, 0.3) is 0 Å². The summed E-state index contributed by atoms with van der Waals surface area (Å²) in [6.45, 7) is 1.65. The number of hydrogen-bond donors (Lipinski definition) is 2. The van der Waals surface area contributed by atoms with Crippen molar-refractivity contribution in [2.45, 2.75) is 22.9 Å². The summed E-state index contributed by atoms with van der Waals surface area (Å²) in [4.78, 5) is 18.2. The fourth-order valence-corrected chi connectivity index (χ4v) is 3.68. The van der Waals surface area contributed by atoms with E-state index in [2.05, 4.69) is 25.3 Å². The van der Waals surface area contributed by atoms with Gasteiger partial charge in [-0.05, 0) is 18.6 Å². The number of imidazole rings is 1. The summed E-state index contributed by atoms with van der Waals surface area (Å²) in [5.74, 6) is 0.659. The number of hydrogen-bond acceptors (Lipinski definition) is 7. The number of fused-ring (bicyclic) bond motifs is 1. The molecule has 0 spiro atoms. The van der Waals surface area contributed by atoms with Gasteiger partial charge in [-0.25, -0.2) is 15.0 Å². The molecular weight excluding hydrogens is 358 g/mol. The number of pyridine rings is 1. The van der Waals surface area contributed by atoms with Gasteiger partial charge < -0.3 is 15.6 Å². The average molecular weight is 377 g/mol. The van der Waals surface area contributed by atoms with Crippen LogP contribution >= 0.6 is 11.8 Å². The van der Waals surface area contributed by atoms with Gasteiger partial charge in [0.2, 0.25) is 0 Å². The maximum absolute atomic E-state index is 6.31. The van der Waals surface area contributed by atoms with Crippen molar-refractivity contribution < 1.29 is 0 Å². The summed E-state index contributed by atoms with van der Waals surface area (Å²) in [5.41, 5.74) is 7.80. The van der Waals surface area contributed by atoms with Gasteiger partial charge in [-0.15, -0.1) is 0 Å². The zero-order valence-electron chi connectivity index (χ0n) is 14.6. The summed E-state index contributed by atoms with van der Waals surface area (Å²) in [6, 6.07) is 10.1. The number of rotatable bonds is 7. The molecule has 3 N–H and O–H groups in total. The van der Waals surface area contributed by atoms with Crippen molar-refractivity contribution in [3.05, 3.63) is 61.6 Å². The molecule has 27 heavy (non-hydrogen) atoms. The Bertz CT molecular complexity index is 1030. The fraction of sp³-hybridized carbons (Fsp3) is 0.158. The second kappa shape index (κ2) is 8.05. The Balaban J connectivity index is 1.46. The second-order valence-electron chi connectivity index (χ2n) is 5.96. The van der Waals surface area contributed by atoms with Gasteiger partial charge in [-0.2, -0.15) is 0 Å². The normalized spacial score (nSPS) is 11.0. The lowest BCUT2D eigenvalue weighted by molar-refractivity contribution is 0.660. The van der Waals surface area contributed by atoms with Gasteiger partial charge in [0.1, 0.15) is 17.0 Å². The van der Waals surface area contributed by atoms with Crippen molar-refractivity contribution in [2.75, 3.05) is 17.6 Å². The van der Waals surface area contributed by atoms with Crippen molar-refractivity contribution in [3.8, 4) is 0 Å². The molecule has 0 aliphatic carbocycles. The highest BCUT2D eigenvalue weighted by Crippen LogP contribution is 2.35. The van der Waals surface area contributed by atoms with Crippen molar-refractivity contribution in [3.63, 3.8) is 0 Å². The van der Waals surface area contributed by atoms with Gasteiger partial charge in [-0.3, -0.25) is 4.98 Å². The molecule has 3 heterocycles. The molecule has 8 heteroatoms. The van der Waals surface area contributed by atoms with E-state index in [9.17, 15) is 0 Å². The number of anilines is 2. The van der Waals surface area contributed by atoms with Crippen LogP contribution in [0.2, 0.25) is 0 Å². The van der Waals surface area contributed by atoms with Crippen LogP contribution in [0, 0.1) is 0 Å². The van der Waals surface area contributed by atoms with Crippen molar-refractivity contribution in [1.82, 2.24) is 24.5 Å². The Hall–Kier alpha value is -3.13. The van der Waals surface area contributed by atoms with Crippen LogP contribution in [0.3, 0.4) is 0 Å². The molecule has 0 radical (unpaired) electrons. The van der Waals surface area contributed by atoms with Crippen LogP contribution in [-0.4, -0.2) is 31.0 Å². The zero-order valence-corrected chi connectivity index (χ0v) is 15.4. The number of aryl methyl sites for hydroxylation is 1.